The number of rotatable bonds is 7. The maximum Gasteiger partial charge on any atom is 0.252 e. The lowest BCUT2D eigenvalue weighted by Gasteiger charge is -2.22. The molecule has 41 heavy (non-hydrogen) atoms. The first kappa shape index (κ1) is 26.0. The lowest BCUT2D eigenvalue weighted by molar-refractivity contribution is 0.0966. The van der Waals surface area contributed by atoms with Crippen LogP contribution in [0.25, 0.3) is 32.9 Å². The Morgan fingerprint density at radius 3 is 2.73 bits per heavy atom. The fraction of sp³-hybridized carbons (Fsp3) is 0.364. The highest BCUT2D eigenvalue weighted by atomic mass is 32.1. The summed E-state index contributed by atoms with van der Waals surface area (Å²) in [6.07, 6.45) is 3.82. The molecule has 0 spiro atoms. The third-order valence-corrected chi connectivity index (χ3v) is 8.96. The lowest BCUT2D eigenvalue weighted by atomic mass is 9.82. The van der Waals surface area contributed by atoms with E-state index in [1.807, 2.05) is 17.8 Å². The summed E-state index contributed by atoms with van der Waals surface area (Å²) in [4.78, 5) is 20.3. The van der Waals surface area contributed by atoms with Crippen molar-refractivity contribution < 1.29 is 9.63 Å². The number of fused-ring (bicyclic) bond motifs is 10. The van der Waals surface area contributed by atoms with Crippen LogP contribution >= 0.6 is 11.3 Å². The molecule has 0 fully saturated rings. The Bertz CT molecular complexity index is 1860. The van der Waals surface area contributed by atoms with Crippen LogP contribution in [0.15, 0.2) is 47.1 Å². The largest absolute Gasteiger partial charge is 0.395 e. The number of benzene rings is 2. The van der Waals surface area contributed by atoms with E-state index in [-0.39, 0.29) is 5.91 Å². The summed E-state index contributed by atoms with van der Waals surface area (Å²) < 4.78 is 4.38. The van der Waals surface area contributed by atoms with Gasteiger partial charge in [0, 0.05) is 59.3 Å². The van der Waals surface area contributed by atoms with E-state index in [0.29, 0.717) is 25.0 Å². The molecular weight excluding hydrogens is 530 g/mol. The molecule has 7 nitrogen and oxygen atoms in total. The van der Waals surface area contributed by atoms with Gasteiger partial charge in [0.05, 0.1) is 21.7 Å². The molecule has 5 aromatic rings. The molecular formula is C33H35N5O2S. The van der Waals surface area contributed by atoms with Crippen LogP contribution in [-0.4, -0.2) is 32.6 Å². The average Bonchev–Trinajstić information content (AvgIpc) is 3.72. The molecule has 210 valence electrons. The standard InChI is InChI=1S/C33H35N5O2S/c1-18(2)15-38-26-11-8-20(31(27-7-6-12-41-27)36-40-17-19(3)4)13-22(26)29-23-14-34-33(39)30(23)28-21(32(29)38)9-10-25-24(28)16-37(5)35-25/h6-8,11-13,16,18-19H,9-10,14-15,17H2,1-5H3,(H,34,39)/b36-31-. The van der Waals surface area contributed by atoms with Crippen LogP contribution in [0.4, 0.5) is 0 Å². The number of thiophene rings is 1. The number of nitrogens with zero attached hydrogens (tertiary/aromatic N) is 4. The predicted octanol–water partition coefficient (Wildman–Crippen LogP) is 6.68. The summed E-state index contributed by atoms with van der Waals surface area (Å²) in [6.45, 7) is 10.8. The van der Waals surface area contributed by atoms with Crippen LogP contribution in [0, 0.1) is 11.8 Å². The fourth-order valence-electron chi connectivity index (χ4n) is 6.52. The van der Waals surface area contributed by atoms with Gasteiger partial charge in [0.1, 0.15) is 12.3 Å². The molecule has 0 saturated heterocycles. The minimum atomic E-state index is 0.0127. The summed E-state index contributed by atoms with van der Waals surface area (Å²) in [5.74, 6) is 0.861. The summed E-state index contributed by atoms with van der Waals surface area (Å²) in [7, 11) is 1.96. The molecule has 1 amide bonds. The van der Waals surface area contributed by atoms with E-state index in [9.17, 15) is 4.79 Å². The molecule has 8 heteroatoms. The number of oxime groups is 1. The van der Waals surface area contributed by atoms with Crippen LogP contribution in [0.5, 0.6) is 0 Å². The zero-order chi connectivity index (χ0) is 28.4. The molecule has 1 aliphatic heterocycles. The second-order valence-corrected chi connectivity index (χ2v) is 13.1. The van der Waals surface area contributed by atoms with E-state index in [4.69, 9.17) is 9.94 Å². The van der Waals surface area contributed by atoms with Gasteiger partial charge in [-0.1, -0.05) is 45.0 Å². The highest BCUT2D eigenvalue weighted by Crippen LogP contribution is 2.47. The van der Waals surface area contributed by atoms with Gasteiger partial charge in [-0.3, -0.25) is 9.48 Å². The highest BCUT2D eigenvalue weighted by molar-refractivity contribution is 7.12. The molecule has 0 radical (unpaired) electrons. The van der Waals surface area contributed by atoms with Crippen molar-refractivity contribution in [3.8, 4) is 11.1 Å². The quantitative estimate of drug-likeness (QED) is 0.177. The summed E-state index contributed by atoms with van der Waals surface area (Å²) >= 11 is 1.66. The van der Waals surface area contributed by atoms with Gasteiger partial charge in [0.15, 0.2) is 0 Å². The van der Waals surface area contributed by atoms with Crippen molar-refractivity contribution in [3.63, 3.8) is 0 Å². The Morgan fingerprint density at radius 1 is 1.12 bits per heavy atom. The van der Waals surface area contributed by atoms with Gasteiger partial charge in [0.25, 0.3) is 5.91 Å². The van der Waals surface area contributed by atoms with Crippen LogP contribution in [0.3, 0.4) is 0 Å². The number of carbonyl (C=O) groups excluding carboxylic acids is 1. The molecule has 4 heterocycles. The zero-order valence-electron chi connectivity index (χ0n) is 24.2. The summed E-state index contributed by atoms with van der Waals surface area (Å²) in [5.41, 5.74) is 10.7. The number of hydrogen-bond acceptors (Lipinski definition) is 5. The van der Waals surface area contributed by atoms with E-state index in [1.54, 1.807) is 11.3 Å². The number of amides is 1. The molecule has 2 aromatic carbocycles. The second kappa shape index (κ2) is 9.87. The van der Waals surface area contributed by atoms with E-state index in [1.165, 1.54) is 27.4 Å². The number of nitrogens with one attached hydrogen (secondary N) is 1. The van der Waals surface area contributed by atoms with Gasteiger partial charge in [-0.05, 0) is 59.4 Å². The Morgan fingerprint density at radius 2 is 1.98 bits per heavy atom. The highest BCUT2D eigenvalue weighted by Gasteiger charge is 2.35. The van der Waals surface area contributed by atoms with E-state index in [0.717, 1.165) is 63.5 Å². The van der Waals surface area contributed by atoms with Crippen molar-refractivity contribution in [3.05, 3.63) is 74.7 Å². The second-order valence-electron chi connectivity index (χ2n) is 12.1. The number of carbonyl (C=O) groups is 1. The van der Waals surface area contributed by atoms with Crippen molar-refractivity contribution in [2.45, 2.75) is 53.6 Å². The smallest absolute Gasteiger partial charge is 0.252 e. The fourth-order valence-corrected chi connectivity index (χ4v) is 7.25. The number of aromatic nitrogens is 3. The van der Waals surface area contributed by atoms with Gasteiger partial charge < -0.3 is 14.7 Å². The van der Waals surface area contributed by atoms with Crippen LogP contribution in [0.1, 0.15) is 65.3 Å². The van der Waals surface area contributed by atoms with Crippen LogP contribution < -0.4 is 5.32 Å². The maximum absolute atomic E-state index is 13.4. The minimum absolute atomic E-state index is 0.0127. The van der Waals surface area contributed by atoms with Crippen LogP contribution in [-0.2, 0) is 37.8 Å². The van der Waals surface area contributed by atoms with Crippen LogP contribution in [0.2, 0.25) is 0 Å². The summed E-state index contributed by atoms with van der Waals surface area (Å²) in [5, 5.41) is 17.0. The SMILES string of the molecule is CC(C)CO/N=C(/c1ccc2c(c1)c1c3c(c4c(c1n2CC(C)C)CCc1nn(C)cc1-4)C(=O)NC3)c1cccs1. The predicted molar refractivity (Wildman–Crippen MR) is 166 cm³/mol. The van der Waals surface area contributed by atoms with Gasteiger partial charge in [-0.2, -0.15) is 5.10 Å². The monoisotopic (exact) mass is 565 g/mol. The van der Waals surface area contributed by atoms with Crippen molar-refractivity contribution >= 4 is 44.8 Å². The van der Waals surface area contributed by atoms with Gasteiger partial charge >= 0.3 is 0 Å². The molecule has 0 atom stereocenters. The Kier molecular flexibility index (Phi) is 6.27. The van der Waals surface area contributed by atoms with Gasteiger partial charge in [-0.15, -0.1) is 11.3 Å². The van der Waals surface area contributed by atoms with E-state index in [2.05, 4.69) is 78.6 Å². The van der Waals surface area contributed by atoms with Gasteiger partial charge in [0.2, 0.25) is 0 Å². The zero-order valence-corrected chi connectivity index (χ0v) is 25.1. The van der Waals surface area contributed by atoms with E-state index < -0.39 is 0 Å². The van der Waals surface area contributed by atoms with Crippen molar-refractivity contribution in [1.29, 1.82) is 0 Å². The molecule has 0 unspecified atom stereocenters. The normalized spacial score (nSPS) is 14.7. The van der Waals surface area contributed by atoms with Gasteiger partial charge in [-0.25, -0.2) is 0 Å². The number of hydrogen-bond donors (Lipinski definition) is 1. The van der Waals surface area contributed by atoms with Crippen molar-refractivity contribution in [2.75, 3.05) is 6.61 Å². The third-order valence-electron chi connectivity index (χ3n) is 8.08. The first-order valence-corrected chi connectivity index (χ1v) is 15.4. The molecule has 1 N–H and O–H groups in total. The maximum atomic E-state index is 13.4. The molecule has 1 aliphatic carbocycles. The minimum Gasteiger partial charge on any atom is -0.395 e. The first-order valence-electron chi connectivity index (χ1n) is 14.5. The Balaban J connectivity index is 1.54. The Labute approximate surface area is 243 Å². The van der Waals surface area contributed by atoms with Crippen molar-refractivity contribution in [2.24, 2.45) is 24.0 Å². The summed E-state index contributed by atoms with van der Waals surface area (Å²) in [6, 6.07) is 10.8. The third kappa shape index (κ3) is 4.19. The topological polar surface area (TPSA) is 73.4 Å². The number of aryl methyl sites for hydroxylation is 3. The Hall–Kier alpha value is -3.91. The lowest BCUT2D eigenvalue weighted by Crippen LogP contribution is -2.15. The first-order chi connectivity index (χ1) is 19.8. The van der Waals surface area contributed by atoms with Crippen molar-refractivity contribution in [1.82, 2.24) is 19.7 Å². The molecule has 2 aliphatic rings. The molecule has 0 bridgehead atoms. The average molecular weight is 566 g/mol. The molecule has 0 saturated carbocycles. The van der Waals surface area contributed by atoms with E-state index >= 15 is 0 Å². The molecule has 3 aromatic heterocycles. The molecule has 7 rings (SSSR count).